The Balaban J connectivity index is 1.37. The topological polar surface area (TPSA) is 104 Å². The summed E-state index contributed by atoms with van der Waals surface area (Å²) in [6.07, 6.45) is 0. The van der Waals surface area contributed by atoms with Crippen LogP contribution in [0.1, 0.15) is 11.5 Å². The van der Waals surface area contributed by atoms with Crippen LogP contribution in [0.15, 0.2) is 63.4 Å². The lowest BCUT2D eigenvalue weighted by Gasteiger charge is -2.19. The van der Waals surface area contributed by atoms with Gasteiger partial charge in [0.1, 0.15) is 12.4 Å². The predicted octanol–water partition coefficient (Wildman–Crippen LogP) is 2.68. The van der Waals surface area contributed by atoms with E-state index in [0.717, 1.165) is 22.1 Å². The molecule has 0 unspecified atom stereocenters. The number of aromatic nitrogens is 2. The highest BCUT2D eigenvalue weighted by Gasteiger charge is 2.55. The number of hydrogen-bond donors (Lipinski definition) is 0. The lowest BCUT2D eigenvalue weighted by Crippen LogP contribution is -2.39. The second-order valence-electron chi connectivity index (χ2n) is 7.07. The first-order valence-electron chi connectivity index (χ1n) is 9.22. The molecule has 5 rings (SSSR count). The van der Waals surface area contributed by atoms with Crippen molar-refractivity contribution in [1.82, 2.24) is 15.1 Å². The molecule has 9 nitrogen and oxygen atoms in total. The van der Waals surface area contributed by atoms with Crippen molar-refractivity contribution in [1.29, 1.82) is 0 Å². The first-order valence-corrected chi connectivity index (χ1v) is 9.22. The van der Waals surface area contributed by atoms with Gasteiger partial charge in [0.05, 0.1) is 5.69 Å². The molecule has 2 aromatic carbocycles. The molecule has 0 aliphatic carbocycles. The Morgan fingerprint density at radius 3 is 2.73 bits per heavy atom. The van der Waals surface area contributed by atoms with Crippen molar-refractivity contribution < 1.29 is 18.5 Å². The van der Waals surface area contributed by atoms with Crippen LogP contribution in [-0.2, 0) is 16.1 Å². The molecule has 3 heterocycles. The smallest absolute Gasteiger partial charge is 0.263 e. The molecule has 10 heteroatoms. The highest BCUT2D eigenvalue weighted by molar-refractivity contribution is 6.25. The lowest BCUT2D eigenvalue weighted by molar-refractivity contribution is -0.123. The van der Waals surface area contributed by atoms with Crippen molar-refractivity contribution in [3.63, 3.8) is 0 Å². The molecule has 2 aliphatic rings. The van der Waals surface area contributed by atoms with E-state index in [9.17, 15) is 14.0 Å². The fourth-order valence-electron chi connectivity index (χ4n) is 3.58. The van der Waals surface area contributed by atoms with E-state index < -0.39 is 29.7 Å². The number of carbonyl (C=O) groups excluding carboxylic acids is 2. The molecular weight excluding hydrogens is 391 g/mol. The second-order valence-corrected chi connectivity index (χ2v) is 7.07. The summed E-state index contributed by atoms with van der Waals surface area (Å²) in [6.45, 7) is 1.97. The van der Waals surface area contributed by atoms with Gasteiger partial charge in [0.2, 0.25) is 11.7 Å². The zero-order valence-electron chi connectivity index (χ0n) is 15.8. The Bertz CT molecular complexity index is 1190. The highest BCUT2D eigenvalue weighted by atomic mass is 19.1. The Labute approximate surface area is 169 Å². The van der Waals surface area contributed by atoms with E-state index in [2.05, 4.69) is 20.5 Å². The van der Waals surface area contributed by atoms with E-state index in [0.29, 0.717) is 5.82 Å². The van der Waals surface area contributed by atoms with Crippen LogP contribution in [0.2, 0.25) is 0 Å². The average Bonchev–Trinajstić information content (AvgIpc) is 3.41. The molecule has 2 aliphatic heterocycles. The molecule has 3 aromatic rings. The third-order valence-electron chi connectivity index (χ3n) is 4.97. The van der Waals surface area contributed by atoms with E-state index >= 15 is 0 Å². The molecule has 2 amide bonds. The van der Waals surface area contributed by atoms with Crippen LogP contribution in [0, 0.1) is 12.7 Å². The number of nitrogens with zero attached hydrogens (tertiary/aromatic N) is 6. The molecule has 1 aromatic heterocycles. The second kappa shape index (κ2) is 6.83. The SMILES string of the molecule is Cc1cccc(-c2noc(CN3N=N[C@H]4C(=O)N(c5cccc(F)c5)C(=O)[C@@H]43)n2)c1. The number of amides is 2. The van der Waals surface area contributed by atoms with E-state index in [-0.39, 0.29) is 18.1 Å². The third-order valence-corrected chi connectivity index (χ3v) is 4.97. The van der Waals surface area contributed by atoms with Gasteiger partial charge >= 0.3 is 0 Å². The third kappa shape index (κ3) is 2.93. The van der Waals surface area contributed by atoms with Gasteiger partial charge in [0, 0.05) is 5.56 Å². The summed E-state index contributed by atoms with van der Waals surface area (Å²) in [4.78, 5) is 30.9. The first kappa shape index (κ1) is 18.1. The summed E-state index contributed by atoms with van der Waals surface area (Å²) < 4.78 is 18.9. The molecule has 2 atom stereocenters. The normalized spacial score (nSPS) is 20.3. The van der Waals surface area contributed by atoms with E-state index in [4.69, 9.17) is 4.52 Å². The van der Waals surface area contributed by atoms with Crippen molar-refractivity contribution in [2.75, 3.05) is 4.90 Å². The summed E-state index contributed by atoms with van der Waals surface area (Å²) in [6, 6.07) is 11.0. The van der Waals surface area contributed by atoms with Gasteiger partial charge in [-0.25, -0.2) is 9.29 Å². The zero-order valence-corrected chi connectivity index (χ0v) is 15.8. The summed E-state index contributed by atoms with van der Waals surface area (Å²) in [5.41, 5.74) is 2.02. The van der Waals surface area contributed by atoms with Gasteiger partial charge in [-0.05, 0) is 31.2 Å². The van der Waals surface area contributed by atoms with Gasteiger partial charge in [-0.3, -0.25) is 14.6 Å². The average molecular weight is 406 g/mol. The summed E-state index contributed by atoms with van der Waals surface area (Å²) in [5.74, 6) is -0.975. The van der Waals surface area contributed by atoms with Crippen molar-refractivity contribution in [2.45, 2.75) is 25.6 Å². The van der Waals surface area contributed by atoms with Crippen molar-refractivity contribution >= 4 is 17.5 Å². The van der Waals surface area contributed by atoms with Crippen molar-refractivity contribution in [2.24, 2.45) is 10.3 Å². The van der Waals surface area contributed by atoms with Gasteiger partial charge in [-0.1, -0.05) is 40.2 Å². The van der Waals surface area contributed by atoms with Gasteiger partial charge in [-0.2, -0.15) is 10.1 Å². The maximum absolute atomic E-state index is 13.6. The molecule has 150 valence electrons. The van der Waals surface area contributed by atoms with Crippen LogP contribution in [-0.4, -0.2) is 39.0 Å². The maximum atomic E-state index is 13.6. The zero-order chi connectivity index (χ0) is 20.8. The standard InChI is InChI=1S/C20H15FN6O3/c1-11-4-2-5-12(8-11)18-22-15(30-24-18)10-26-17-16(23-25-26)19(28)27(20(17)29)14-7-3-6-13(21)9-14/h2-9,16-17H,10H2,1H3/t16-,17-/m1/s1. The first-order chi connectivity index (χ1) is 14.5. The number of hydrogen-bond acceptors (Lipinski definition) is 8. The number of carbonyl (C=O) groups is 2. The predicted molar refractivity (Wildman–Crippen MR) is 101 cm³/mol. The van der Waals surface area contributed by atoms with E-state index in [1.165, 1.54) is 23.2 Å². The maximum Gasteiger partial charge on any atom is 0.263 e. The largest absolute Gasteiger partial charge is 0.337 e. The van der Waals surface area contributed by atoms with Crippen molar-refractivity contribution in [3.05, 3.63) is 65.8 Å². The number of aryl methyl sites for hydroxylation is 1. The summed E-state index contributed by atoms with van der Waals surface area (Å²) in [5, 5.41) is 13.2. The minimum atomic E-state index is -0.986. The number of halogens is 1. The van der Waals surface area contributed by atoms with Crippen LogP contribution in [0.25, 0.3) is 11.4 Å². The van der Waals surface area contributed by atoms with Crippen LogP contribution >= 0.6 is 0 Å². The van der Waals surface area contributed by atoms with Crippen molar-refractivity contribution in [3.8, 4) is 11.4 Å². The monoisotopic (exact) mass is 406 g/mol. The molecule has 0 N–H and O–H groups in total. The Hall–Kier alpha value is -3.95. The fourth-order valence-corrected chi connectivity index (χ4v) is 3.58. The quantitative estimate of drug-likeness (QED) is 0.617. The Morgan fingerprint density at radius 1 is 1.10 bits per heavy atom. The molecular formula is C20H15FN6O3. The van der Waals surface area contributed by atoms with Gasteiger partial charge in [0.15, 0.2) is 12.1 Å². The molecule has 1 fully saturated rings. The van der Waals surface area contributed by atoms with Gasteiger partial charge < -0.3 is 4.52 Å². The number of imide groups is 1. The van der Waals surface area contributed by atoms with Crippen LogP contribution in [0.4, 0.5) is 10.1 Å². The minimum absolute atomic E-state index is 0.0134. The molecule has 0 spiro atoms. The summed E-state index contributed by atoms with van der Waals surface area (Å²) >= 11 is 0. The molecule has 30 heavy (non-hydrogen) atoms. The van der Waals surface area contributed by atoms with E-state index in [1.807, 2.05) is 31.2 Å². The van der Waals surface area contributed by atoms with Gasteiger partial charge in [0.25, 0.3) is 11.8 Å². The highest BCUT2D eigenvalue weighted by Crippen LogP contribution is 2.33. The number of rotatable bonds is 4. The minimum Gasteiger partial charge on any atom is -0.337 e. The van der Waals surface area contributed by atoms with Crippen LogP contribution in [0.3, 0.4) is 0 Å². The fraction of sp³-hybridized carbons (Fsp3) is 0.200. The van der Waals surface area contributed by atoms with Crippen LogP contribution < -0.4 is 4.90 Å². The van der Waals surface area contributed by atoms with Gasteiger partial charge in [-0.15, -0.1) is 0 Å². The lowest BCUT2D eigenvalue weighted by atomic mass is 10.1. The number of fused-ring (bicyclic) bond motifs is 1. The molecule has 0 radical (unpaired) electrons. The molecule has 1 saturated heterocycles. The molecule has 0 saturated carbocycles. The Morgan fingerprint density at radius 2 is 1.93 bits per heavy atom. The summed E-state index contributed by atoms with van der Waals surface area (Å²) in [7, 11) is 0. The number of anilines is 1. The van der Waals surface area contributed by atoms with Crippen LogP contribution in [0.5, 0.6) is 0 Å². The number of benzene rings is 2. The Kier molecular flexibility index (Phi) is 4.12. The van der Waals surface area contributed by atoms with E-state index in [1.54, 1.807) is 0 Å². The molecule has 0 bridgehead atoms.